The Balaban J connectivity index is 2.32. The number of aliphatic hydroxyl groups excluding tert-OH is 1. The Morgan fingerprint density at radius 1 is 1.08 bits per heavy atom. The van der Waals surface area contributed by atoms with Crippen molar-refractivity contribution in [3.8, 4) is 0 Å². The summed E-state index contributed by atoms with van der Waals surface area (Å²) >= 11 is 0. The number of piperidine rings is 1. The smallest absolute Gasteiger partial charge is 0.392 e. The molecule has 2 heterocycles. The maximum absolute atomic E-state index is 13.6. The standard InChI is InChI=1S/C17H16F6N2O/c18-16(19,20)9-4-5-12-10(7-9)11(8-26)14(13-3-1-2-6-24-13)15(25-12)17(21,22)23/h4-5,7,13,24,26H,1-3,6,8H2. The topological polar surface area (TPSA) is 45.1 Å². The van der Waals surface area contributed by atoms with Gasteiger partial charge in [-0.1, -0.05) is 6.42 Å². The molecule has 1 atom stereocenters. The molecule has 1 aromatic carbocycles. The van der Waals surface area contributed by atoms with Gasteiger partial charge in [-0.05, 0) is 43.1 Å². The first kappa shape index (κ1) is 18.9. The lowest BCUT2D eigenvalue weighted by Gasteiger charge is -2.28. The van der Waals surface area contributed by atoms with Gasteiger partial charge in [0.2, 0.25) is 0 Å². The first-order chi connectivity index (χ1) is 12.1. The highest BCUT2D eigenvalue weighted by Crippen LogP contribution is 2.41. The minimum atomic E-state index is -4.78. The van der Waals surface area contributed by atoms with E-state index in [0.29, 0.717) is 25.5 Å². The average molecular weight is 378 g/mol. The molecule has 2 N–H and O–H groups in total. The zero-order valence-electron chi connectivity index (χ0n) is 13.5. The molecule has 9 heteroatoms. The van der Waals surface area contributed by atoms with Crippen LogP contribution in [-0.4, -0.2) is 16.6 Å². The Hall–Kier alpha value is -1.87. The number of nitrogens with one attached hydrogen (secondary N) is 1. The zero-order chi connectivity index (χ0) is 19.1. The number of benzene rings is 1. The van der Waals surface area contributed by atoms with Crippen LogP contribution in [0.25, 0.3) is 10.9 Å². The fraction of sp³-hybridized carbons (Fsp3) is 0.471. The van der Waals surface area contributed by atoms with E-state index in [1.807, 2.05) is 0 Å². The molecule has 0 bridgehead atoms. The summed E-state index contributed by atoms with van der Waals surface area (Å²) in [6, 6.07) is 1.63. The van der Waals surface area contributed by atoms with Crippen LogP contribution >= 0.6 is 0 Å². The summed E-state index contributed by atoms with van der Waals surface area (Å²) in [5.41, 5.74) is -2.80. The van der Waals surface area contributed by atoms with Gasteiger partial charge in [-0.3, -0.25) is 0 Å². The lowest BCUT2D eigenvalue weighted by molar-refractivity contribution is -0.142. The molecule has 1 fully saturated rings. The summed E-state index contributed by atoms with van der Waals surface area (Å²) < 4.78 is 79.7. The maximum atomic E-state index is 13.6. The predicted molar refractivity (Wildman–Crippen MR) is 82.3 cm³/mol. The average Bonchev–Trinajstić information content (AvgIpc) is 2.58. The molecule has 3 rings (SSSR count). The first-order valence-corrected chi connectivity index (χ1v) is 8.08. The number of aromatic nitrogens is 1. The van der Waals surface area contributed by atoms with Crippen molar-refractivity contribution in [3.63, 3.8) is 0 Å². The third-order valence-corrected chi connectivity index (χ3v) is 4.55. The highest BCUT2D eigenvalue weighted by molar-refractivity contribution is 5.85. The van der Waals surface area contributed by atoms with Crippen LogP contribution in [0.2, 0.25) is 0 Å². The van der Waals surface area contributed by atoms with Gasteiger partial charge < -0.3 is 10.4 Å². The van der Waals surface area contributed by atoms with E-state index in [2.05, 4.69) is 10.3 Å². The zero-order valence-corrected chi connectivity index (χ0v) is 13.5. The molecule has 0 radical (unpaired) electrons. The number of hydrogen-bond acceptors (Lipinski definition) is 3. The fourth-order valence-electron chi connectivity index (χ4n) is 3.38. The molecule has 1 aliphatic heterocycles. The number of nitrogens with zero attached hydrogens (tertiary/aromatic N) is 1. The summed E-state index contributed by atoms with van der Waals surface area (Å²) in [6.07, 6.45) is -7.56. The first-order valence-electron chi connectivity index (χ1n) is 8.08. The molecule has 1 aromatic heterocycles. The number of aliphatic hydroxyl groups is 1. The molecule has 3 nitrogen and oxygen atoms in total. The van der Waals surface area contributed by atoms with Gasteiger partial charge in [-0.15, -0.1) is 0 Å². The second kappa shape index (κ2) is 6.70. The van der Waals surface area contributed by atoms with Gasteiger partial charge in [0.25, 0.3) is 0 Å². The molecule has 2 aromatic rings. The second-order valence-corrected chi connectivity index (χ2v) is 6.24. The van der Waals surface area contributed by atoms with Crippen LogP contribution in [0.5, 0.6) is 0 Å². The van der Waals surface area contributed by atoms with E-state index in [4.69, 9.17) is 0 Å². The third kappa shape index (κ3) is 3.50. The van der Waals surface area contributed by atoms with Crippen molar-refractivity contribution in [2.24, 2.45) is 0 Å². The van der Waals surface area contributed by atoms with Crippen molar-refractivity contribution in [2.75, 3.05) is 6.54 Å². The van der Waals surface area contributed by atoms with Crippen molar-refractivity contribution >= 4 is 10.9 Å². The van der Waals surface area contributed by atoms with E-state index in [-0.39, 0.29) is 22.0 Å². The van der Waals surface area contributed by atoms with E-state index in [1.54, 1.807) is 0 Å². The molecule has 0 amide bonds. The van der Waals surface area contributed by atoms with Gasteiger partial charge in [0, 0.05) is 17.0 Å². The summed E-state index contributed by atoms with van der Waals surface area (Å²) in [6.45, 7) is -0.315. The number of hydrogen-bond donors (Lipinski definition) is 2. The number of pyridine rings is 1. The number of fused-ring (bicyclic) bond motifs is 1. The molecule has 0 spiro atoms. The molecule has 1 unspecified atom stereocenters. The Morgan fingerprint density at radius 3 is 2.35 bits per heavy atom. The van der Waals surface area contributed by atoms with E-state index in [1.165, 1.54) is 0 Å². The predicted octanol–water partition coefficient (Wildman–Crippen LogP) is 4.58. The van der Waals surface area contributed by atoms with Gasteiger partial charge in [0.1, 0.15) is 5.69 Å². The molecular weight excluding hydrogens is 362 g/mol. The molecule has 1 aliphatic rings. The number of halogens is 6. The van der Waals surface area contributed by atoms with Crippen LogP contribution in [0.1, 0.15) is 47.7 Å². The summed E-state index contributed by atoms with van der Waals surface area (Å²) in [7, 11) is 0. The van der Waals surface area contributed by atoms with Crippen molar-refractivity contribution < 1.29 is 31.4 Å². The Kier molecular flexibility index (Phi) is 4.87. The minimum absolute atomic E-state index is 0.113. The lowest BCUT2D eigenvalue weighted by Crippen LogP contribution is -2.30. The van der Waals surface area contributed by atoms with E-state index in [0.717, 1.165) is 18.6 Å². The highest BCUT2D eigenvalue weighted by Gasteiger charge is 2.40. The molecule has 142 valence electrons. The van der Waals surface area contributed by atoms with E-state index < -0.39 is 36.3 Å². The van der Waals surface area contributed by atoms with Crippen molar-refractivity contribution in [2.45, 2.75) is 44.3 Å². The maximum Gasteiger partial charge on any atom is 0.433 e. The van der Waals surface area contributed by atoms with Gasteiger partial charge in [0.05, 0.1) is 17.7 Å². The number of alkyl halides is 6. The summed E-state index contributed by atoms with van der Waals surface area (Å²) in [4.78, 5) is 3.61. The van der Waals surface area contributed by atoms with Crippen LogP contribution in [0.15, 0.2) is 18.2 Å². The second-order valence-electron chi connectivity index (χ2n) is 6.24. The Bertz CT molecular complexity index is 809. The van der Waals surface area contributed by atoms with Gasteiger partial charge in [-0.2, -0.15) is 26.3 Å². The van der Waals surface area contributed by atoms with Gasteiger partial charge in [0.15, 0.2) is 0 Å². The molecule has 0 aliphatic carbocycles. The van der Waals surface area contributed by atoms with Crippen LogP contribution in [0.3, 0.4) is 0 Å². The van der Waals surface area contributed by atoms with Crippen molar-refractivity contribution in [3.05, 3.63) is 40.6 Å². The third-order valence-electron chi connectivity index (χ3n) is 4.55. The van der Waals surface area contributed by atoms with E-state index in [9.17, 15) is 31.4 Å². The highest BCUT2D eigenvalue weighted by atomic mass is 19.4. The van der Waals surface area contributed by atoms with Crippen molar-refractivity contribution in [1.29, 1.82) is 0 Å². The Labute approximate surface area is 145 Å². The fourth-order valence-corrected chi connectivity index (χ4v) is 3.38. The minimum Gasteiger partial charge on any atom is -0.392 e. The number of rotatable bonds is 2. The largest absolute Gasteiger partial charge is 0.433 e. The van der Waals surface area contributed by atoms with Crippen LogP contribution < -0.4 is 5.32 Å². The monoisotopic (exact) mass is 378 g/mol. The van der Waals surface area contributed by atoms with E-state index >= 15 is 0 Å². The molecular formula is C17H16F6N2O. The SMILES string of the molecule is OCc1c(C2CCCCN2)c(C(F)(F)F)nc2ccc(C(F)(F)F)cc12. The van der Waals surface area contributed by atoms with Crippen LogP contribution in [-0.2, 0) is 19.0 Å². The molecule has 1 saturated heterocycles. The Morgan fingerprint density at radius 2 is 1.81 bits per heavy atom. The molecule has 26 heavy (non-hydrogen) atoms. The summed E-state index contributed by atoms with van der Waals surface area (Å²) in [5, 5.41) is 12.6. The van der Waals surface area contributed by atoms with Crippen LogP contribution in [0, 0.1) is 0 Å². The van der Waals surface area contributed by atoms with Crippen molar-refractivity contribution in [1.82, 2.24) is 10.3 Å². The van der Waals surface area contributed by atoms with Crippen LogP contribution in [0.4, 0.5) is 26.3 Å². The lowest BCUT2D eigenvalue weighted by atomic mass is 9.89. The summed E-state index contributed by atoms with van der Waals surface area (Å²) in [5.74, 6) is 0. The normalized spacial score (nSPS) is 19.1. The van der Waals surface area contributed by atoms with Gasteiger partial charge >= 0.3 is 12.4 Å². The van der Waals surface area contributed by atoms with Gasteiger partial charge in [-0.25, -0.2) is 4.98 Å². The molecule has 0 saturated carbocycles. The quantitative estimate of drug-likeness (QED) is 0.752.